The van der Waals surface area contributed by atoms with Gasteiger partial charge in [0.2, 0.25) is 5.65 Å². The molecule has 0 amide bonds. The van der Waals surface area contributed by atoms with Gasteiger partial charge in [-0.15, -0.1) is 10.2 Å². The molecule has 2 aliphatic rings. The SMILES string of the molecule is Cc1ccc(Cl)cc1N1CCN(c2nccn3c(C4CC4)nnc23)CC1. The van der Waals surface area contributed by atoms with Crippen molar-refractivity contribution in [2.45, 2.75) is 25.7 Å². The van der Waals surface area contributed by atoms with Gasteiger partial charge in [-0.2, -0.15) is 0 Å². The van der Waals surface area contributed by atoms with Crippen LogP contribution in [0.2, 0.25) is 5.02 Å². The first-order valence-electron chi connectivity index (χ1n) is 9.16. The van der Waals surface area contributed by atoms with Crippen molar-refractivity contribution in [2.75, 3.05) is 36.0 Å². The number of hydrogen-bond donors (Lipinski definition) is 0. The van der Waals surface area contributed by atoms with E-state index in [1.54, 1.807) is 0 Å². The van der Waals surface area contributed by atoms with Crippen LogP contribution in [0.1, 0.15) is 30.1 Å². The maximum absolute atomic E-state index is 6.19. The lowest BCUT2D eigenvalue weighted by Gasteiger charge is -2.37. The molecule has 26 heavy (non-hydrogen) atoms. The van der Waals surface area contributed by atoms with E-state index in [0.717, 1.165) is 48.5 Å². The summed E-state index contributed by atoms with van der Waals surface area (Å²) < 4.78 is 2.12. The van der Waals surface area contributed by atoms with Crippen LogP contribution in [-0.4, -0.2) is 45.8 Å². The quantitative estimate of drug-likeness (QED) is 0.710. The van der Waals surface area contributed by atoms with Gasteiger partial charge in [-0.1, -0.05) is 17.7 Å². The molecule has 7 heteroatoms. The largest absolute Gasteiger partial charge is 0.368 e. The minimum Gasteiger partial charge on any atom is -0.368 e. The van der Waals surface area contributed by atoms with E-state index in [0.29, 0.717) is 5.92 Å². The molecule has 1 aliphatic heterocycles. The fourth-order valence-electron chi connectivity index (χ4n) is 3.76. The number of fused-ring (bicyclic) bond motifs is 1. The lowest BCUT2D eigenvalue weighted by atomic mass is 10.1. The number of halogens is 1. The van der Waals surface area contributed by atoms with E-state index in [1.807, 2.05) is 18.5 Å². The van der Waals surface area contributed by atoms with E-state index >= 15 is 0 Å². The van der Waals surface area contributed by atoms with Crippen molar-refractivity contribution >= 4 is 28.8 Å². The Kier molecular flexibility index (Phi) is 3.74. The lowest BCUT2D eigenvalue weighted by molar-refractivity contribution is 0.646. The molecular weight excluding hydrogens is 348 g/mol. The summed E-state index contributed by atoms with van der Waals surface area (Å²) in [6.45, 7) is 5.82. The molecule has 2 fully saturated rings. The van der Waals surface area contributed by atoms with Crippen LogP contribution in [-0.2, 0) is 0 Å². The van der Waals surface area contributed by atoms with Crippen LogP contribution < -0.4 is 9.80 Å². The molecule has 3 aromatic rings. The van der Waals surface area contributed by atoms with Crippen molar-refractivity contribution in [3.63, 3.8) is 0 Å². The van der Waals surface area contributed by atoms with E-state index in [2.05, 4.69) is 48.4 Å². The number of rotatable bonds is 3. The predicted molar refractivity (Wildman–Crippen MR) is 103 cm³/mol. The maximum atomic E-state index is 6.19. The molecule has 1 aromatic carbocycles. The van der Waals surface area contributed by atoms with E-state index in [1.165, 1.54) is 24.1 Å². The molecule has 134 valence electrons. The van der Waals surface area contributed by atoms with Crippen molar-refractivity contribution < 1.29 is 0 Å². The van der Waals surface area contributed by atoms with Crippen LogP contribution >= 0.6 is 11.6 Å². The van der Waals surface area contributed by atoms with Crippen LogP contribution in [0.25, 0.3) is 5.65 Å². The van der Waals surface area contributed by atoms with E-state index in [4.69, 9.17) is 11.6 Å². The van der Waals surface area contributed by atoms with Gasteiger partial charge in [-0.25, -0.2) is 4.98 Å². The first-order chi connectivity index (χ1) is 12.7. The number of aromatic nitrogens is 4. The third-order valence-electron chi connectivity index (χ3n) is 5.37. The normalized spacial score (nSPS) is 17.9. The summed E-state index contributed by atoms with van der Waals surface area (Å²) in [5, 5.41) is 9.64. The summed E-state index contributed by atoms with van der Waals surface area (Å²) in [5.41, 5.74) is 3.36. The van der Waals surface area contributed by atoms with Crippen LogP contribution in [0.15, 0.2) is 30.6 Å². The van der Waals surface area contributed by atoms with Gasteiger partial charge in [0.15, 0.2) is 5.82 Å². The molecular formula is C19H21ClN6. The van der Waals surface area contributed by atoms with Gasteiger partial charge in [0.05, 0.1) is 0 Å². The minimum absolute atomic E-state index is 0.572. The average molecular weight is 369 g/mol. The smallest absolute Gasteiger partial charge is 0.203 e. The van der Waals surface area contributed by atoms with Crippen molar-refractivity contribution in [3.05, 3.63) is 47.0 Å². The molecule has 1 aliphatic carbocycles. The monoisotopic (exact) mass is 368 g/mol. The van der Waals surface area contributed by atoms with Gasteiger partial charge < -0.3 is 9.80 Å². The van der Waals surface area contributed by atoms with E-state index in [-0.39, 0.29) is 0 Å². The Hall–Kier alpha value is -2.34. The highest BCUT2D eigenvalue weighted by atomic mass is 35.5. The van der Waals surface area contributed by atoms with Crippen LogP contribution in [0.4, 0.5) is 11.5 Å². The minimum atomic E-state index is 0.572. The highest BCUT2D eigenvalue weighted by Crippen LogP contribution is 2.39. The highest BCUT2D eigenvalue weighted by molar-refractivity contribution is 6.30. The van der Waals surface area contributed by atoms with Gasteiger partial charge in [0, 0.05) is 55.2 Å². The second kappa shape index (κ2) is 6.13. The number of piperazine rings is 1. The Labute approximate surface area is 157 Å². The summed E-state index contributed by atoms with van der Waals surface area (Å²) in [5.74, 6) is 2.59. The molecule has 3 heterocycles. The number of anilines is 2. The second-order valence-corrected chi connectivity index (χ2v) is 7.62. The Morgan fingerprint density at radius 3 is 2.58 bits per heavy atom. The summed E-state index contributed by atoms with van der Waals surface area (Å²) in [6.07, 6.45) is 6.29. The molecule has 6 nitrogen and oxygen atoms in total. The Balaban J connectivity index is 1.39. The average Bonchev–Trinajstić information content (AvgIpc) is 3.42. The molecule has 0 spiro atoms. The zero-order valence-electron chi connectivity index (χ0n) is 14.8. The molecule has 0 atom stereocenters. The topological polar surface area (TPSA) is 49.6 Å². The Morgan fingerprint density at radius 1 is 1.04 bits per heavy atom. The summed E-state index contributed by atoms with van der Waals surface area (Å²) in [7, 11) is 0. The fraction of sp³-hybridized carbons (Fsp3) is 0.421. The standard InChI is InChI=1S/C19H21ClN6/c1-13-2-5-15(20)12-16(13)24-8-10-25(11-9-24)18-19-23-22-17(14-3-4-14)26(19)7-6-21-18/h2,5-7,12,14H,3-4,8-11H2,1H3. The second-order valence-electron chi connectivity index (χ2n) is 7.18. The molecule has 0 bridgehead atoms. The van der Waals surface area contributed by atoms with Gasteiger partial charge in [-0.05, 0) is 37.5 Å². The van der Waals surface area contributed by atoms with Gasteiger partial charge in [0.1, 0.15) is 5.82 Å². The van der Waals surface area contributed by atoms with E-state index < -0.39 is 0 Å². The Morgan fingerprint density at radius 2 is 1.81 bits per heavy atom. The number of nitrogens with zero attached hydrogens (tertiary/aromatic N) is 6. The molecule has 0 N–H and O–H groups in total. The highest BCUT2D eigenvalue weighted by Gasteiger charge is 2.30. The van der Waals surface area contributed by atoms with Crippen molar-refractivity contribution in [1.82, 2.24) is 19.6 Å². The molecule has 0 unspecified atom stereocenters. The first-order valence-corrected chi connectivity index (χ1v) is 9.54. The zero-order valence-corrected chi connectivity index (χ0v) is 15.5. The molecule has 2 aromatic heterocycles. The maximum Gasteiger partial charge on any atom is 0.203 e. The Bertz CT molecular complexity index is 956. The molecule has 1 saturated carbocycles. The molecule has 1 saturated heterocycles. The summed E-state index contributed by atoms with van der Waals surface area (Å²) >= 11 is 6.19. The third-order valence-corrected chi connectivity index (χ3v) is 5.60. The van der Waals surface area contributed by atoms with Crippen molar-refractivity contribution in [1.29, 1.82) is 0 Å². The first kappa shape index (κ1) is 15.9. The summed E-state index contributed by atoms with van der Waals surface area (Å²) in [4.78, 5) is 9.33. The van der Waals surface area contributed by atoms with Crippen LogP contribution in [0.3, 0.4) is 0 Å². The van der Waals surface area contributed by atoms with Gasteiger partial charge >= 0.3 is 0 Å². The lowest BCUT2D eigenvalue weighted by Crippen LogP contribution is -2.47. The number of benzene rings is 1. The molecule has 0 radical (unpaired) electrons. The predicted octanol–water partition coefficient (Wildman–Crippen LogP) is 3.29. The number of hydrogen-bond acceptors (Lipinski definition) is 5. The number of aryl methyl sites for hydroxylation is 1. The van der Waals surface area contributed by atoms with Crippen molar-refractivity contribution in [3.8, 4) is 0 Å². The van der Waals surface area contributed by atoms with Crippen molar-refractivity contribution in [2.24, 2.45) is 0 Å². The van der Waals surface area contributed by atoms with E-state index in [9.17, 15) is 0 Å². The van der Waals surface area contributed by atoms with Crippen LogP contribution in [0.5, 0.6) is 0 Å². The van der Waals surface area contributed by atoms with Gasteiger partial charge in [0.25, 0.3) is 0 Å². The fourth-order valence-corrected chi connectivity index (χ4v) is 3.92. The third kappa shape index (κ3) is 2.69. The van der Waals surface area contributed by atoms with Crippen LogP contribution in [0, 0.1) is 6.92 Å². The zero-order chi connectivity index (χ0) is 17.7. The summed E-state index contributed by atoms with van der Waals surface area (Å²) in [6, 6.07) is 6.10. The van der Waals surface area contributed by atoms with Gasteiger partial charge in [-0.3, -0.25) is 4.40 Å². The molecule has 5 rings (SSSR count).